The number of hydrogen-bond donors (Lipinski definition) is 1. The lowest BCUT2D eigenvalue weighted by atomic mass is 10.1. The van der Waals surface area contributed by atoms with Crippen molar-refractivity contribution in [2.45, 2.75) is 25.9 Å². The maximum atomic E-state index is 5.96. The van der Waals surface area contributed by atoms with Crippen LogP contribution in [0.15, 0.2) is 42.6 Å². The summed E-state index contributed by atoms with van der Waals surface area (Å²) in [7, 11) is 4.04. The number of nitrogens with one attached hydrogen (secondary N) is 1. The molecule has 21 heavy (non-hydrogen) atoms. The molecule has 0 amide bonds. The van der Waals surface area contributed by atoms with E-state index in [-0.39, 0.29) is 12.1 Å². The lowest BCUT2D eigenvalue weighted by Crippen LogP contribution is -2.26. The van der Waals surface area contributed by atoms with E-state index >= 15 is 0 Å². The number of aromatic nitrogens is 1. The zero-order chi connectivity index (χ0) is 15.4. The Morgan fingerprint density at radius 3 is 2.43 bits per heavy atom. The number of rotatable bonds is 5. The van der Waals surface area contributed by atoms with Crippen molar-refractivity contribution in [1.29, 1.82) is 0 Å². The van der Waals surface area contributed by atoms with E-state index in [1.54, 1.807) is 0 Å². The predicted molar refractivity (Wildman–Crippen MR) is 90.0 cm³/mol. The van der Waals surface area contributed by atoms with E-state index in [1.165, 1.54) is 11.1 Å². The molecule has 1 aromatic carbocycles. The van der Waals surface area contributed by atoms with Crippen molar-refractivity contribution >= 4 is 17.4 Å². The zero-order valence-electron chi connectivity index (χ0n) is 13.0. The summed E-state index contributed by atoms with van der Waals surface area (Å²) in [5.74, 6) is 1.00. The van der Waals surface area contributed by atoms with Gasteiger partial charge in [0.1, 0.15) is 5.82 Å². The molecular weight excluding hydrogens is 282 g/mol. The predicted octanol–water partition coefficient (Wildman–Crippen LogP) is 4.21. The van der Waals surface area contributed by atoms with Crippen molar-refractivity contribution < 1.29 is 0 Å². The minimum Gasteiger partial charge on any atom is -0.353 e. The number of nitrogens with zero attached hydrogens (tertiary/aromatic N) is 2. The lowest BCUT2D eigenvalue weighted by molar-refractivity contribution is 0.637. The fraction of sp³-hybridized carbons (Fsp3) is 0.353. The highest BCUT2D eigenvalue weighted by molar-refractivity contribution is 6.30. The van der Waals surface area contributed by atoms with Crippen LogP contribution in [-0.4, -0.2) is 19.1 Å². The van der Waals surface area contributed by atoms with Crippen LogP contribution >= 0.6 is 11.6 Å². The summed E-state index contributed by atoms with van der Waals surface area (Å²) in [5.41, 5.74) is 2.42. The average Bonchev–Trinajstić information content (AvgIpc) is 2.53. The molecule has 2 rings (SSSR count). The SMILES string of the molecule is CNC(C)c1cccnc1N(C)C(C)c1ccc(Cl)cc1. The maximum Gasteiger partial charge on any atom is 0.133 e. The molecule has 3 nitrogen and oxygen atoms in total. The quantitative estimate of drug-likeness (QED) is 0.896. The van der Waals surface area contributed by atoms with Gasteiger partial charge >= 0.3 is 0 Å². The van der Waals surface area contributed by atoms with E-state index < -0.39 is 0 Å². The summed E-state index contributed by atoms with van der Waals surface area (Å²) in [5, 5.41) is 4.04. The molecule has 1 aromatic heterocycles. The molecule has 0 fully saturated rings. The number of anilines is 1. The molecule has 2 aromatic rings. The van der Waals surface area contributed by atoms with Crippen LogP contribution < -0.4 is 10.2 Å². The first-order valence-corrected chi connectivity index (χ1v) is 7.53. The van der Waals surface area contributed by atoms with Crippen LogP contribution in [-0.2, 0) is 0 Å². The van der Waals surface area contributed by atoms with Crippen LogP contribution in [0, 0.1) is 0 Å². The van der Waals surface area contributed by atoms with Gasteiger partial charge in [-0.15, -0.1) is 0 Å². The van der Waals surface area contributed by atoms with Gasteiger partial charge in [-0.25, -0.2) is 4.98 Å². The Morgan fingerprint density at radius 1 is 1.14 bits per heavy atom. The first kappa shape index (κ1) is 15.8. The summed E-state index contributed by atoms with van der Waals surface area (Å²) in [6.45, 7) is 4.31. The Labute approximate surface area is 132 Å². The molecule has 0 radical (unpaired) electrons. The average molecular weight is 304 g/mol. The number of hydrogen-bond acceptors (Lipinski definition) is 3. The second kappa shape index (κ2) is 6.92. The van der Waals surface area contributed by atoms with Crippen molar-refractivity contribution in [3.8, 4) is 0 Å². The fourth-order valence-corrected chi connectivity index (χ4v) is 2.47. The highest BCUT2D eigenvalue weighted by Crippen LogP contribution is 2.29. The van der Waals surface area contributed by atoms with Crippen LogP contribution in [0.1, 0.15) is 37.1 Å². The van der Waals surface area contributed by atoms with Crippen molar-refractivity contribution in [2.24, 2.45) is 0 Å². The molecular formula is C17H22ClN3. The number of pyridine rings is 1. The number of halogens is 1. The smallest absolute Gasteiger partial charge is 0.133 e. The summed E-state index contributed by atoms with van der Waals surface area (Å²) in [4.78, 5) is 6.77. The maximum absolute atomic E-state index is 5.96. The normalized spacial score (nSPS) is 13.8. The molecule has 112 valence electrons. The molecule has 1 heterocycles. The van der Waals surface area contributed by atoms with Crippen molar-refractivity contribution in [2.75, 3.05) is 19.0 Å². The third kappa shape index (κ3) is 3.55. The van der Waals surface area contributed by atoms with Gasteiger partial charge in [-0.05, 0) is 44.7 Å². The van der Waals surface area contributed by atoms with Gasteiger partial charge in [0.15, 0.2) is 0 Å². The Kier molecular flexibility index (Phi) is 5.21. The van der Waals surface area contributed by atoms with Crippen molar-refractivity contribution in [3.63, 3.8) is 0 Å². The summed E-state index contributed by atoms with van der Waals surface area (Å²) < 4.78 is 0. The van der Waals surface area contributed by atoms with Gasteiger partial charge in [-0.2, -0.15) is 0 Å². The second-order valence-electron chi connectivity index (χ2n) is 5.27. The van der Waals surface area contributed by atoms with Crippen molar-refractivity contribution in [1.82, 2.24) is 10.3 Å². The molecule has 2 unspecified atom stereocenters. The number of benzene rings is 1. The van der Waals surface area contributed by atoms with Gasteiger partial charge in [0.2, 0.25) is 0 Å². The Morgan fingerprint density at radius 2 is 1.81 bits per heavy atom. The van der Waals surface area contributed by atoms with E-state index in [0.29, 0.717) is 0 Å². The Balaban J connectivity index is 2.31. The molecule has 2 atom stereocenters. The largest absolute Gasteiger partial charge is 0.353 e. The standard InChI is InChI=1S/C17H22ClN3/c1-12(19-3)16-6-5-11-20-17(16)21(4)13(2)14-7-9-15(18)10-8-14/h5-13,19H,1-4H3. The minimum atomic E-state index is 0.222. The van der Waals surface area contributed by atoms with Crippen molar-refractivity contribution in [3.05, 3.63) is 58.7 Å². The molecule has 0 aliphatic carbocycles. The van der Waals surface area contributed by atoms with Crippen LogP contribution in [0.5, 0.6) is 0 Å². The summed E-state index contributed by atoms with van der Waals surface area (Å²) in [6.07, 6.45) is 1.84. The molecule has 0 aliphatic rings. The van der Waals surface area contributed by atoms with E-state index in [9.17, 15) is 0 Å². The first-order valence-electron chi connectivity index (χ1n) is 7.15. The van der Waals surface area contributed by atoms with E-state index in [2.05, 4.69) is 54.3 Å². The van der Waals surface area contributed by atoms with Gasteiger partial charge < -0.3 is 10.2 Å². The van der Waals surface area contributed by atoms with E-state index in [0.717, 1.165) is 10.8 Å². The van der Waals surface area contributed by atoms with Crippen LogP contribution in [0.3, 0.4) is 0 Å². The molecule has 0 saturated heterocycles. The molecule has 0 bridgehead atoms. The third-order valence-corrected chi connectivity index (χ3v) is 4.24. The molecule has 0 spiro atoms. The minimum absolute atomic E-state index is 0.222. The van der Waals surface area contributed by atoms with Crippen LogP contribution in [0.2, 0.25) is 5.02 Å². The molecule has 0 saturated carbocycles. The Hall–Kier alpha value is -1.58. The third-order valence-electron chi connectivity index (χ3n) is 3.98. The highest BCUT2D eigenvalue weighted by Gasteiger charge is 2.18. The summed E-state index contributed by atoms with van der Waals surface area (Å²) in [6, 6.07) is 12.6. The summed E-state index contributed by atoms with van der Waals surface area (Å²) >= 11 is 5.96. The first-order chi connectivity index (χ1) is 10.0. The van der Waals surface area contributed by atoms with Gasteiger partial charge in [0.25, 0.3) is 0 Å². The van der Waals surface area contributed by atoms with Gasteiger partial charge in [0, 0.05) is 29.9 Å². The fourth-order valence-electron chi connectivity index (χ4n) is 2.35. The molecule has 1 N–H and O–H groups in total. The topological polar surface area (TPSA) is 28.2 Å². The zero-order valence-corrected chi connectivity index (χ0v) is 13.7. The van der Waals surface area contributed by atoms with Gasteiger partial charge in [-0.1, -0.05) is 29.8 Å². The molecule has 4 heteroatoms. The lowest BCUT2D eigenvalue weighted by Gasteiger charge is -2.29. The van der Waals surface area contributed by atoms with Gasteiger partial charge in [0.05, 0.1) is 6.04 Å². The Bertz CT molecular complexity index is 583. The van der Waals surface area contributed by atoms with Crippen LogP contribution in [0.25, 0.3) is 0 Å². The highest BCUT2D eigenvalue weighted by atomic mass is 35.5. The molecule has 0 aliphatic heterocycles. The second-order valence-corrected chi connectivity index (χ2v) is 5.70. The van der Waals surface area contributed by atoms with Crippen LogP contribution in [0.4, 0.5) is 5.82 Å². The van der Waals surface area contributed by atoms with E-state index in [4.69, 9.17) is 11.6 Å². The van der Waals surface area contributed by atoms with Gasteiger partial charge in [-0.3, -0.25) is 0 Å². The van der Waals surface area contributed by atoms with E-state index in [1.807, 2.05) is 31.4 Å². The monoisotopic (exact) mass is 303 g/mol.